The Kier molecular flexibility index (Phi) is 3.51. The lowest BCUT2D eigenvalue weighted by Gasteiger charge is -2.03. The van der Waals surface area contributed by atoms with Gasteiger partial charge in [-0.2, -0.15) is 5.26 Å². The van der Waals surface area contributed by atoms with Crippen LogP contribution in [0.3, 0.4) is 0 Å². The number of carbonyl (C=O) groups excluding carboxylic acids is 1. The van der Waals surface area contributed by atoms with Gasteiger partial charge in [-0.25, -0.2) is 0 Å². The molecule has 1 aliphatic rings. The van der Waals surface area contributed by atoms with E-state index in [1.807, 2.05) is 37.3 Å². The molecule has 0 bridgehead atoms. The van der Waals surface area contributed by atoms with Crippen LogP contribution in [0.2, 0.25) is 0 Å². The van der Waals surface area contributed by atoms with E-state index in [2.05, 4.69) is 4.98 Å². The van der Waals surface area contributed by atoms with Gasteiger partial charge in [0.2, 0.25) is 12.6 Å². The molecule has 25 heavy (non-hydrogen) atoms. The van der Waals surface area contributed by atoms with E-state index in [9.17, 15) is 10.1 Å². The minimum atomic E-state index is -0.311. The molecule has 2 aromatic carbocycles. The number of nitriles is 1. The summed E-state index contributed by atoms with van der Waals surface area (Å²) in [5.74, 6) is 0.856. The maximum Gasteiger partial charge on any atom is 0.231 e. The number of hydrogen-bond donors (Lipinski definition) is 1. The number of ketones is 1. The molecule has 0 unspecified atom stereocenters. The molecule has 1 aromatic heterocycles. The lowest BCUT2D eigenvalue weighted by molar-refractivity contribution is 0.104. The predicted molar refractivity (Wildman–Crippen MR) is 93.5 cm³/mol. The number of hydrogen-bond acceptors (Lipinski definition) is 4. The first-order valence-electron chi connectivity index (χ1n) is 7.81. The number of aromatic nitrogens is 1. The fourth-order valence-electron chi connectivity index (χ4n) is 3.07. The number of nitrogens with one attached hydrogen (secondary N) is 1. The molecule has 0 saturated heterocycles. The number of aryl methyl sites for hydroxylation is 1. The average molecular weight is 330 g/mol. The van der Waals surface area contributed by atoms with E-state index >= 15 is 0 Å². The molecule has 0 atom stereocenters. The highest BCUT2D eigenvalue weighted by atomic mass is 16.7. The van der Waals surface area contributed by atoms with Crippen LogP contribution < -0.4 is 9.47 Å². The number of rotatable bonds is 3. The summed E-state index contributed by atoms with van der Waals surface area (Å²) in [6.07, 6.45) is 1.55. The number of nitrogens with zero attached hydrogens (tertiary/aromatic N) is 1. The smallest absolute Gasteiger partial charge is 0.231 e. The predicted octanol–water partition coefficient (Wildman–Crippen LogP) is 3.99. The molecule has 122 valence electrons. The highest BCUT2D eigenvalue weighted by Crippen LogP contribution is 2.36. The number of fused-ring (bicyclic) bond motifs is 2. The van der Waals surface area contributed by atoms with Crippen LogP contribution in [0.1, 0.15) is 21.6 Å². The summed E-state index contributed by atoms with van der Waals surface area (Å²) in [7, 11) is 0. The van der Waals surface area contributed by atoms with Gasteiger partial charge in [0.15, 0.2) is 11.5 Å². The highest BCUT2D eigenvalue weighted by Gasteiger charge is 2.22. The Bertz CT molecular complexity index is 1070. The lowest BCUT2D eigenvalue weighted by Crippen LogP contribution is -2.03. The minimum Gasteiger partial charge on any atom is -0.454 e. The number of ether oxygens (including phenoxy) is 2. The summed E-state index contributed by atoms with van der Waals surface area (Å²) in [5.41, 5.74) is 2.84. The van der Waals surface area contributed by atoms with E-state index in [1.54, 1.807) is 24.3 Å². The van der Waals surface area contributed by atoms with Crippen LogP contribution in [0.4, 0.5) is 0 Å². The van der Waals surface area contributed by atoms with Crippen LogP contribution in [0.25, 0.3) is 17.0 Å². The van der Waals surface area contributed by atoms with Crippen molar-refractivity contribution >= 4 is 22.8 Å². The summed E-state index contributed by atoms with van der Waals surface area (Å²) in [4.78, 5) is 16.2. The van der Waals surface area contributed by atoms with E-state index in [0.717, 1.165) is 16.6 Å². The first kappa shape index (κ1) is 15.0. The first-order chi connectivity index (χ1) is 12.2. The highest BCUT2D eigenvalue weighted by molar-refractivity contribution is 6.20. The van der Waals surface area contributed by atoms with Crippen LogP contribution in [-0.4, -0.2) is 17.6 Å². The molecule has 4 rings (SSSR count). The summed E-state index contributed by atoms with van der Waals surface area (Å²) in [5, 5.41) is 10.4. The molecule has 0 spiro atoms. The summed E-state index contributed by atoms with van der Waals surface area (Å²) in [6, 6.07) is 15.0. The van der Waals surface area contributed by atoms with E-state index < -0.39 is 0 Å². The monoisotopic (exact) mass is 330 g/mol. The normalized spacial score (nSPS) is 13.0. The molecule has 0 amide bonds. The number of allylic oxidation sites excluding steroid dienone is 1. The third kappa shape index (κ3) is 2.45. The Morgan fingerprint density at radius 2 is 2.04 bits per heavy atom. The number of Topliss-reactive ketones (excluding diaryl/α,β-unsaturated/α-hetero) is 1. The van der Waals surface area contributed by atoms with Crippen molar-refractivity contribution in [3.63, 3.8) is 0 Å². The molecule has 5 heteroatoms. The van der Waals surface area contributed by atoms with Gasteiger partial charge in [0.25, 0.3) is 0 Å². The van der Waals surface area contributed by atoms with E-state index in [-0.39, 0.29) is 18.1 Å². The summed E-state index contributed by atoms with van der Waals surface area (Å²) < 4.78 is 10.8. The van der Waals surface area contributed by atoms with Crippen molar-refractivity contribution in [2.45, 2.75) is 6.92 Å². The molecule has 0 fully saturated rings. The van der Waals surface area contributed by atoms with Crippen molar-refractivity contribution in [3.05, 3.63) is 64.9 Å². The van der Waals surface area contributed by atoms with Crippen LogP contribution >= 0.6 is 0 Å². The second-order valence-electron chi connectivity index (χ2n) is 5.75. The molecule has 0 aliphatic carbocycles. The van der Waals surface area contributed by atoms with Crippen LogP contribution in [0, 0.1) is 18.3 Å². The fraction of sp³-hybridized carbons (Fsp3) is 0.100. The van der Waals surface area contributed by atoms with Crippen molar-refractivity contribution in [1.82, 2.24) is 4.98 Å². The Hall–Kier alpha value is -3.52. The lowest BCUT2D eigenvalue weighted by atomic mass is 9.99. The van der Waals surface area contributed by atoms with Crippen molar-refractivity contribution in [1.29, 1.82) is 5.26 Å². The van der Waals surface area contributed by atoms with Gasteiger partial charge in [-0.05, 0) is 25.1 Å². The molecule has 0 saturated carbocycles. The quantitative estimate of drug-likeness (QED) is 0.447. The van der Waals surface area contributed by atoms with Gasteiger partial charge in [-0.3, -0.25) is 4.79 Å². The van der Waals surface area contributed by atoms with E-state index in [1.165, 1.54) is 0 Å². The van der Waals surface area contributed by atoms with Gasteiger partial charge in [0, 0.05) is 22.2 Å². The molecular weight excluding hydrogens is 316 g/mol. The molecule has 1 N–H and O–H groups in total. The second-order valence-corrected chi connectivity index (χ2v) is 5.75. The van der Waals surface area contributed by atoms with Gasteiger partial charge >= 0.3 is 0 Å². The van der Waals surface area contributed by atoms with Crippen molar-refractivity contribution in [2.75, 3.05) is 6.79 Å². The van der Waals surface area contributed by atoms with Crippen molar-refractivity contribution in [3.8, 4) is 17.6 Å². The zero-order chi connectivity index (χ0) is 17.4. The Labute approximate surface area is 144 Å². The zero-order valence-corrected chi connectivity index (χ0v) is 13.5. The first-order valence-corrected chi connectivity index (χ1v) is 7.81. The standard InChI is InChI=1S/C20H14N2O3/c1-12-18(15-6-2-3-7-16(15)22-12)19(23)14(10-21)9-13-5-4-8-17-20(13)25-11-24-17/h2-9,22H,11H2,1H3. The number of H-pyrrole nitrogens is 1. The molecule has 5 nitrogen and oxygen atoms in total. The number of carbonyl (C=O) groups is 1. The van der Waals surface area contributed by atoms with Crippen LogP contribution in [0.15, 0.2) is 48.0 Å². The van der Waals surface area contributed by atoms with E-state index in [4.69, 9.17) is 9.47 Å². The SMILES string of the molecule is Cc1[nH]c2ccccc2c1C(=O)C(C#N)=Cc1cccc2c1OCO2. The minimum absolute atomic E-state index is 0.0525. The second kappa shape index (κ2) is 5.84. The van der Waals surface area contributed by atoms with Crippen molar-refractivity contribution in [2.24, 2.45) is 0 Å². The average Bonchev–Trinajstić information content (AvgIpc) is 3.22. The fourth-order valence-corrected chi connectivity index (χ4v) is 3.07. The summed E-state index contributed by atoms with van der Waals surface area (Å²) >= 11 is 0. The maximum absolute atomic E-state index is 13.0. The molecule has 0 radical (unpaired) electrons. The van der Waals surface area contributed by atoms with Crippen LogP contribution in [-0.2, 0) is 0 Å². The topological polar surface area (TPSA) is 75.1 Å². The number of aromatic amines is 1. The molecule has 1 aliphatic heterocycles. The van der Waals surface area contributed by atoms with Crippen LogP contribution in [0.5, 0.6) is 11.5 Å². The number of para-hydroxylation sites is 2. The van der Waals surface area contributed by atoms with Gasteiger partial charge in [-0.1, -0.05) is 30.3 Å². The molecular formula is C20H14N2O3. The number of benzene rings is 2. The Morgan fingerprint density at radius 3 is 2.88 bits per heavy atom. The van der Waals surface area contributed by atoms with Gasteiger partial charge in [-0.15, -0.1) is 0 Å². The largest absolute Gasteiger partial charge is 0.454 e. The molecule has 3 aromatic rings. The van der Waals surface area contributed by atoms with Gasteiger partial charge in [0.05, 0.1) is 5.56 Å². The maximum atomic E-state index is 13.0. The van der Waals surface area contributed by atoms with Crippen molar-refractivity contribution < 1.29 is 14.3 Å². The Morgan fingerprint density at radius 1 is 1.20 bits per heavy atom. The summed E-state index contributed by atoms with van der Waals surface area (Å²) in [6.45, 7) is 1.97. The zero-order valence-electron chi connectivity index (χ0n) is 13.5. The van der Waals surface area contributed by atoms with Gasteiger partial charge < -0.3 is 14.5 Å². The van der Waals surface area contributed by atoms with Gasteiger partial charge in [0.1, 0.15) is 11.6 Å². The Balaban J connectivity index is 1.82. The molecule has 2 heterocycles. The third-order valence-corrected chi connectivity index (χ3v) is 4.21. The van der Waals surface area contributed by atoms with E-state index in [0.29, 0.717) is 22.6 Å². The third-order valence-electron chi connectivity index (χ3n) is 4.21.